The average Bonchev–Trinajstić information content (AvgIpc) is 2.75. The molecule has 0 radical (unpaired) electrons. The highest BCUT2D eigenvalue weighted by Gasteiger charge is 2.53. The second-order valence-electron chi connectivity index (χ2n) is 7.92. The molecule has 1 aromatic rings. The van der Waals surface area contributed by atoms with Crippen molar-refractivity contribution in [2.75, 3.05) is 6.54 Å². The van der Waals surface area contributed by atoms with Crippen molar-refractivity contribution in [2.24, 2.45) is 10.8 Å². The molecule has 1 saturated carbocycles. The quantitative estimate of drug-likeness (QED) is 0.842. The number of hydrogen-bond donors (Lipinski definition) is 0. The van der Waals surface area contributed by atoms with Crippen LogP contribution >= 0.6 is 0 Å². The maximum Gasteiger partial charge on any atom is 0.248 e. The van der Waals surface area contributed by atoms with Gasteiger partial charge in [0.15, 0.2) is 5.76 Å². The van der Waals surface area contributed by atoms with Gasteiger partial charge >= 0.3 is 0 Å². The Hall–Kier alpha value is -0.880. The van der Waals surface area contributed by atoms with Crippen molar-refractivity contribution in [3.63, 3.8) is 0 Å². The molecule has 0 N–H and O–H groups in total. The first-order valence-corrected chi connectivity index (χ1v) is 8.93. The second kappa shape index (κ2) is 4.32. The fourth-order valence-corrected chi connectivity index (χ4v) is 6.72. The second-order valence-corrected chi connectivity index (χ2v) is 9.74. The first-order valence-electron chi connectivity index (χ1n) is 7.49. The van der Waals surface area contributed by atoms with Crippen LogP contribution in [0.25, 0.3) is 0 Å². The van der Waals surface area contributed by atoms with Crippen LogP contribution in [0.2, 0.25) is 0 Å². The molecule has 118 valence electrons. The molecule has 6 heteroatoms. The van der Waals surface area contributed by atoms with Crippen LogP contribution in [0.3, 0.4) is 0 Å². The van der Waals surface area contributed by atoms with E-state index in [2.05, 4.69) is 25.9 Å². The maximum atomic E-state index is 13.1. The molecular formula is C15H24N2O3S. The van der Waals surface area contributed by atoms with Crippen molar-refractivity contribution in [3.8, 4) is 0 Å². The summed E-state index contributed by atoms with van der Waals surface area (Å²) in [6.07, 6.45) is 2.95. The van der Waals surface area contributed by atoms with Crippen LogP contribution in [-0.4, -0.2) is 30.5 Å². The molecule has 2 unspecified atom stereocenters. The topological polar surface area (TPSA) is 63.4 Å². The largest absolute Gasteiger partial charge is 0.360 e. The minimum absolute atomic E-state index is 0.0818. The van der Waals surface area contributed by atoms with E-state index in [0.29, 0.717) is 18.0 Å². The summed E-state index contributed by atoms with van der Waals surface area (Å²) in [6.45, 7) is 10.7. The lowest BCUT2D eigenvalue weighted by Gasteiger charge is -2.39. The summed E-state index contributed by atoms with van der Waals surface area (Å²) >= 11 is 0. The Bertz CT molecular complexity index is 658. The zero-order valence-electron chi connectivity index (χ0n) is 13.4. The molecule has 1 aromatic heterocycles. The van der Waals surface area contributed by atoms with Crippen molar-refractivity contribution >= 4 is 10.0 Å². The van der Waals surface area contributed by atoms with Gasteiger partial charge in [-0.05, 0) is 43.9 Å². The first kappa shape index (κ1) is 15.0. The van der Waals surface area contributed by atoms with E-state index in [1.54, 1.807) is 18.2 Å². The van der Waals surface area contributed by atoms with Crippen LogP contribution in [0, 0.1) is 24.7 Å². The summed E-state index contributed by atoms with van der Waals surface area (Å²) in [6, 6.07) is 0.0949. The Morgan fingerprint density at radius 1 is 1.24 bits per heavy atom. The predicted molar refractivity (Wildman–Crippen MR) is 79.4 cm³/mol. The lowest BCUT2D eigenvalue weighted by Crippen LogP contribution is -2.38. The average molecular weight is 312 g/mol. The standard InChI is InChI=1S/C15H24N2O3S/c1-10-13(11(2)20-16-10)21(18,19)17-9-15(5)7-12(17)6-14(3,4)8-15/h12H,6-9H2,1-5H3. The number of hydrogen-bond acceptors (Lipinski definition) is 4. The van der Waals surface area contributed by atoms with Gasteiger partial charge in [0.25, 0.3) is 0 Å². The summed E-state index contributed by atoms with van der Waals surface area (Å²) in [7, 11) is -3.52. The first-order chi connectivity index (χ1) is 9.54. The van der Waals surface area contributed by atoms with Crippen LogP contribution < -0.4 is 0 Å². The van der Waals surface area contributed by atoms with Gasteiger partial charge in [-0.3, -0.25) is 0 Å². The van der Waals surface area contributed by atoms with Crippen LogP contribution in [0.5, 0.6) is 0 Å². The predicted octanol–water partition coefficient (Wildman–Crippen LogP) is 2.88. The third-order valence-electron chi connectivity index (χ3n) is 4.90. The van der Waals surface area contributed by atoms with E-state index in [0.717, 1.165) is 19.3 Å². The van der Waals surface area contributed by atoms with Gasteiger partial charge in [0.2, 0.25) is 10.0 Å². The molecule has 5 nitrogen and oxygen atoms in total. The highest BCUT2D eigenvalue weighted by Crippen LogP contribution is 2.53. The van der Waals surface area contributed by atoms with E-state index >= 15 is 0 Å². The van der Waals surface area contributed by atoms with Crippen molar-refractivity contribution in [3.05, 3.63) is 11.5 Å². The zero-order chi connectivity index (χ0) is 15.6. The zero-order valence-corrected chi connectivity index (χ0v) is 14.2. The van der Waals surface area contributed by atoms with E-state index in [1.807, 2.05) is 0 Å². The van der Waals surface area contributed by atoms with Crippen molar-refractivity contribution in [2.45, 2.75) is 64.8 Å². The monoisotopic (exact) mass is 312 g/mol. The fraction of sp³-hybridized carbons (Fsp3) is 0.800. The molecule has 21 heavy (non-hydrogen) atoms. The third kappa shape index (κ3) is 2.32. The highest BCUT2D eigenvalue weighted by atomic mass is 32.2. The van der Waals surface area contributed by atoms with E-state index in [9.17, 15) is 8.42 Å². The molecule has 1 aliphatic heterocycles. The fourth-order valence-electron chi connectivity index (χ4n) is 4.65. The Labute approximate surface area is 126 Å². The molecule has 0 spiro atoms. The molecule has 2 bridgehead atoms. The highest BCUT2D eigenvalue weighted by molar-refractivity contribution is 7.89. The SMILES string of the molecule is Cc1noc(C)c1S(=O)(=O)N1CC2(C)CC1CC(C)(C)C2. The van der Waals surface area contributed by atoms with Crippen LogP contribution in [0.15, 0.2) is 9.42 Å². The van der Waals surface area contributed by atoms with E-state index in [4.69, 9.17) is 4.52 Å². The maximum absolute atomic E-state index is 13.1. The van der Waals surface area contributed by atoms with Gasteiger partial charge in [0, 0.05) is 12.6 Å². The van der Waals surface area contributed by atoms with Gasteiger partial charge in [0.1, 0.15) is 10.6 Å². The van der Waals surface area contributed by atoms with Crippen LogP contribution in [0.1, 0.15) is 51.5 Å². The van der Waals surface area contributed by atoms with Gasteiger partial charge in [-0.25, -0.2) is 8.42 Å². The van der Waals surface area contributed by atoms with Gasteiger partial charge < -0.3 is 4.52 Å². The summed E-state index contributed by atoms with van der Waals surface area (Å²) in [5.41, 5.74) is 0.734. The summed E-state index contributed by atoms with van der Waals surface area (Å²) in [5.74, 6) is 0.387. The van der Waals surface area contributed by atoms with Crippen LogP contribution in [-0.2, 0) is 10.0 Å². The minimum atomic E-state index is -3.52. The summed E-state index contributed by atoms with van der Waals surface area (Å²) in [4.78, 5) is 0.261. The smallest absolute Gasteiger partial charge is 0.248 e. The third-order valence-corrected chi connectivity index (χ3v) is 7.04. The van der Waals surface area contributed by atoms with Gasteiger partial charge in [-0.15, -0.1) is 0 Å². The van der Waals surface area contributed by atoms with Gasteiger partial charge in [-0.1, -0.05) is 25.9 Å². The number of rotatable bonds is 2. The molecule has 1 aliphatic carbocycles. The summed E-state index contributed by atoms with van der Waals surface area (Å²) in [5, 5.41) is 3.80. The molecule has 0 amide bonds. The lowest BCUT2D eigenvalue weighted by molar-refractivity contribution is 0.133. The molecule has 0 aromatic carbocycles. The molecule has 2 heterocycles. The van der Waals surface area contributed by atoms with Gasteiger partial charge in [0.05, 0.1) is 0 Å². The molecule has 2 atom stereocenters. The van der Waals surface area contributed by atoms with Crippen molar-refractivity contribution in [1.82, 2.24) is 9.46 Å². The number of nitrogens with zero attached hydrogens (tertiary/aromatic N) is 2. The van der Waals surface area contributed by atoms with Crippen molar-refractivity contribution in [1.29, 1.82) is 0 Å². The van der Waals surface area contributed by atoms with Crippen molar-refractivity contribution < 1.29 is 12.9 Å². The number of aryl methyl sites for hydroxylation is 2. The Balaban J connectivity index is 2.02. The van der Waals surface area contributed by atoms with E-state index in [-0.39, 0.29) is 21.8 Å². The van der Waals surface area contributed by atoms with E-state index in [1.165, 1.54) is 0 Å². The Morgan fingerprint density at radius 2 is 1.90 bits per heavy atom. The van der Waals surface area contributed by atoms with Gasteiger partial charge in [-0.2, -0.15) is 4.31 Å². The minimum Gasteiger partial charge on any atom is -0.360 e. The molecule has 3 rings (SSSR count). The number of sulfonamides is 1. The normalized spacial score (nSPS) is 32.5. The number of aromatic nitrogens is 1. The molecular weight excluding hydrogens is 288 g/mol. The Kier molecular flexibility index (Phi) is 3.09. The Morgan fingerprint density at radius 3 is 2.48 bits per heavy atom. The van der Waals surface area contributed by atoms with Crippen LogP contribution in [0.4, 0.5) is 0 Å². The van der Waals surface area contributed by atoms with E-state index < -0.39 is 10.0 Å². The molecule has 2 fully saturated rings. The molecule has 1 saturated heterocycles. The molecule has 2 aliphatic rings. The number of fused-ring (bicyclic) bond motifs is 2. The summed E-state index contributed by atoms with van der Waals surface area (Å²) < 4.78 is 32.9. The lowest BCUT2D eigenvalue weighted by atomic mass is 9.65.